The molecule has 0 bridgehead atoms. The van der Waals surface area contributed by atoms with Gasteiger partial charge in [0.2, 0.25) is 0 Å². The average Bonchev–Trinajstić information content (AvgIpc) is 3.03. The van der Waals surface area contributed by atoms with Gasteiger partial charge in [-0.3, -0.25) is 4.68 Å². The van der Waals surface area contributed by atoms with Gasteiger partial charge in [0.25, 0.3) is 0 Å². The third kappa shape index (κ3) is 4.02. The van der Waals surface area contributed by atoms with Crippen LogP contribution in [0.5, 0.6) is 0 Å². The minimum absolute atomic E-state index is 0.000354. The maximum absolute atomic E-state index is 11.5. The van der Waals surface area contributed by atoms with E-state index in [9.17, 15) is 4.79 Å². The molecular weight excluding hydrogens is 228 g/mol. The summed E-state index contributed by atoms with van der Waals surface area (Å²) >= 11 is 0. The Morgan fingerprint density at radius 2 is 2.28 bits per heavy atom. The minimum atomic E-state index is -0.302. The molecule has 1 aliphatic rings. The Bertz CT molecular complexity index is 451. The average molecular weight is 248 g/mol. The summed E-state index contributed by atoms with van der Waals surface area (Å²) < 4.78 is 7.10. The molecule has 18 heavy (non-hydrogen) atoms. The van der Waals surface area contributed by atoms with Crippen LogP contribution in [0.1, 0.15) is 45.2 Å². The van der Waals surface area contributed by atoms with Crippen LogP contribution >= 0.6 is 0 Å². The van der Waals surface area contributed by atoms with Gasteiger partial charge in [-0.05, 0) is 24.3 Å². The van der Waals surface area contributed by atoms with Crippen molar-refractivity contribution >= 4 is 12.0 Å². The van der Waals surface area contributed by atoms with Crippen LogP contribution in [0.15, 0.2) is 18.5 Å². The topological polar surface area (TPSA) is 44.1 Å². The molecule has 0 amide bonds. The number of aromatic nitrogens is 2. The van der Waals surface area contributed by atoms with Crippen LogP contribution in [0.3, 0.4) is 0 Å². The molecule has 0 atom stereocenters. The molecule has 0 unspecified atom stereocenters. The molecular formula is C14H20N2O2. The number of carbonyl (C=O) groups excluding carboxylic acids is 1. The fourth-order valence-corrected chi connectivity index (χ4v) is 1.48. The fourth-order valence-electron chi connectivity index (χ4n) is 1.48. The Kier molecular flexibility index (Phi) is 3.55. The van der Waals surface area contributed by atoms with E-state index in [1.54, 1.807) is 12.3 Å². The predicted molar refractivity (Wildman–Crippen MR) is 69.9 cm³/mol. The normalized spacial score (nSPS) is 16.2. The van der Waals surface area contributed by atoms with E-state index in [0.29, 0.717) is 12.6 Å². The van der Waals surface area contributed by atoms with Crippen LogP contribution in [-0.4, -0.2) is 22.4 Å². The monoisotopic (exact) mass is 248 g/mol. The molecule has 4 heteroatoms. The Labute approximate surface area is 108 Å². The van der Waals surface area contributed by atoms with Crippen molar-refractivity contribution in [1.82, 2.24) is 9.78 Å². The van der Waals surface area contributed by atoms with Crippen molar-refractivity contribution in [3.05, 3.63) is 24.0 Å². The fraction of sp³-hybridized carbons (Fsp3) is 0.571. The molecule has 98 valence electrons. The van der Waals surface area contributed by atoms with E-state index in [1.165, 1.54) is 18.9 Å². The maximum Gasteiger partial charge on any atom is 0.330 e. The van der Waals surface area contributed by atoms with E-state index < -0.39 is 0 Å². The molecule has 0 N–H and O–H groups in total. The standard InChI is InChI=1S/C14H20N2O2/c1-14(2,3)10-18-13(17)7-4-11-8-15-16(9-11)12-5-6-12/h4,7-9,12H,5-6,10H2,1-3H3/b7-4+. The second-order valence-corrected chi connectivity index (χ2v) is 5.99. The van der Waals surface area contributed by atoms with E-state index in [1.807, 2.05) is 31.6 Å². The quantitative estimate of drug-likeness (QED) is 0.608. The van der Waals surface area contributed by atoms with Gasteiger partial charge in [-0.25, -0.2) is 4.79 Å². The van der Waals surface area contributed by atoms with Crippen molar-refractivity contribution in [1.29, 1.82) is 0 Å². The minimum Gasteiger partial charge on any atom is -0.462 e. The van der Waals surface area contributed by atoms with Crippen molar-refractivity contribution in [2.75, 3.05) is 6.61 Å². The first-order valence-corrected chi connectivity index (χ1v) is 6.33. The van der Waals surface area contributed by atoms with Gasteiger partial charge in [0.05, 0.1) is 18.8 Å². The number of hydrogen-bond donors (Lipinski definition) is 0. The third-order valence-electron chi connectivity index (χ3n) is 2.60. The summed E-state index contributed by atoms with van der Waals surface area (Å²) in [6.07, 6.45) is 9.35. The zero-order chi connectivity index (χ0) is 13.2. The number of ether oxygens (including phenoxy) is 1. The lowest BCUT2D eigenvalue weighted by atomic mass is 9.99. The zero-order valence-corrected chi connectivity index (χ0v) is 11.2. The van der Waals surface area contributed by atoms with Gasteiger partial charge in [0.1, 0.15) is 0 Å². The molecule has 0 spiro atoms. The first-order valence-electron chi connectivity index (χ1n) is 6.33. The maximum atomic E-state index is 11.5. The number of nitrogens with zero attached hydrogens (tertiary/aromatic N) is 2. The Morgan fingerprint density at radius 1 is 1.56 bits per heavy atom. The highest BCUT2D eigenvalue weighted by molar-refractivity contribution is 5.86. The second-order valence-electron chi connectivity index (χ2n) is 5.99. The van der Waals surface area contributed by atoms with Crippen molar-refractivity contribution < 1.29 is 9.53 Å². The number of rotatable bonds is 4. The molecule has 1 heterocycles. The predicted octanol–water partition coefficient (Wildman–Crippen LogP) is 2.82. The lowest BCUT2D eigenvalue weighted by molar-refractivity contribution is -0.140. The van der Waals surface area contributed by atoms with Gasteiger partial charge in [-0.1, -0.05) is 20.8 Å². The van der Waals surface area contributed by atoms with Crippen LogP contribution in [0.25, 0.3) is 6.08 Å². The van der Waals surface area contributed by atoms with E-state index >= 15 is 0 Å². The van der Waals surface area contributed by atoms with Crippen LogP contribution in [0, 0.1) is 5.41 Å². The van der Waals surface area contributed by atoms with Crippen LogP contribution in [-0.2, 0) is 9.53 Å². The second kappa shape index (κ2) is 4.96. The van der Waals surface area contributed by atoms with Gasteiger partial charge in [0.15, 0.2) is 0 Å². The Balaban J connectivity index is 1.83. The molecule has 0 aromatic carbocycles. The largest absolute Gasteiger partial charge is 0.462 e. The summed E-state index contributed by atoms with van der Waals surface area (Å²) in [4.78, 5) is 11.5. The lowest BCUT2D eigenvalue weighted by Crippen LogP contribution is -2.17. The first-order chi connectivity index (χ1) is 8.44. The van der Waals surface area contributed by atoms with Gasteiger partial charge in [-0.15, -0.1) is 0 Å². The summed E-state index contributed by atoms with van der Waals surface area (Å²) in [5, 5.41) is 4.25. The molecule has 0 aliphatic heterocycles. The van der Waals surface area contributed by atoms with Crippen LogP contribution in [0.4, 0.5) is 0 Å². The molecule has 1 aromatic heterocycles. The van der Waals surface area contributed by atoms with E-state index in [-0.39, 0.29) is 11.4 Å². The summed E-state index contributed by atoms with van der Waals surface area (Å²) in [5.41, 5.74) is 0.940. The number of carbonyl (C=O) groups is 1. The molecule has 1 aliphatic carbocycles. The van der Waals surface area contributed by atoms with Crippen molar-refractivity contribution in [2.24, 2.45) is 5.41 Å². The van der Waals surface area contributed by atoms with E-state index in [4.69, 9.17) is 4.74 Å². The van der Waals surface area contributed by atoms with Gasteiger partial charge in [0, 0.05) is 17.8 Å². The van der Waals surface area contributed by atoms with Gasteiger partial charge < -0.3 is 4.74 Å². The molecule has 1 fully saturated rings. The van der Waals surface area contributed by atoms with Crippen molar-refractivity contribution in [3.8, 4) is 0 Å². The summed E-state index contributed by atoms with van der Waals surface area (Å²) in [6.45, 7) is 6.52. The summed E-state index contributed by atoms with van der Waals surface area (Å²) in [5.74, 6) is -0.302. The zero-order valence-electron chi connectivity index (χ0n) is 11.2. The highest BCUT2D eigenvalue weighted by Crippen LogP contribution is 2.34. The smallest absolute Gasteiger partial charge is 0.330 e. The molecule has 4 nitrogen and oxygen atoms in total. The highest BCUT2D eigenvalue weighted by atomic mass is 16.5. The van der Waals surface area contributed by atoms with Crippen molar-refractivity contribution in [2.45, 2.75) is 39.7 Å². The van der Waals surface area contributed by atoms with E-state index in [0.717, 1.165) is 5.56 Å². The number of hydrogen-bond acceptors (Lipinski definition) is 3. The summed E-state index contributed by atoms with van der Waals surface area (Å²) in [7, 11) is 0. The molecule has 0 radical (unpaired) electrons. The highest BCUT2D eigenvalue weighted by Gasteiger charge is 2.23. The molecule has 1 aromatic rings. The number of esters is 1. The Hall–Kier alpha value is -1.58. The first kappa shape index (κ1) is 12.9. The van der Waals surface area contributed by atoms with E-state index in [2.05, 4.69) is 5.10 Å². The van der Waals surface area contributed by atoms with Gasteiger partial charge in [-0.2, -0.15) is 5.10 Å². The molecule has 0 saturated heterocycles. The van der Waals surface area contributed by atoms with Crippen LogP contribution in [0.2, 0.25) is 0 Å². The lowest BCUT2D eigenvalue weighted by Gasteiger charge is -2.16. The Morgan fingerprint density at radius 3 is 2.89 bits per heavy atom. The molecule has 2 rings (SSSR count). The van der Waals surface area contributed by atoms with Crippen molar-refractivity contribution in [3.63, 3.8) is 0 Å². The molecule has 1 saturated carbocycles. The van der Waals surface area contributed by atoms with Crippen LogP contribution < -0.4 is 0 Å². The summed E-state index contributed by atoms with van der Waals surface area (Å²) in [6, 6.07) is 0.569. The van der Waals surface area contributed by atoms with Gasteiger partial charge >= 0.3 is 5.97 Å². The third-order valence-corrected chi connectivity index (χ3v) is 2.60. The SMILES string of the molecule is CC(C)(C)COC(=O)/C=C/c1cnn(C2CC2)c1.